The van der Waals surface area contributed by atoms with Crippen LogP contribution in [0.3, 0.4) is 0 Å². The van der Waals surface area contributed by atoms with Gasteiger partial charge in [-0.3, -0.25) is 4.68 Å². The molecule has 3 rings (SSSR count). The maximum absolute atomic E-state index is 10.7. The third-order valence-electron chi connectivity index (χ3n) is 3.41. The van der Waals surface area contributed by atoms with Gasteiger partial charge in [-0.1, -0.05) is 47.5 Å². The molecule has 0 saturated heterocycles. The zero-order chi connectivity index (χ0) is 16.4. The topological polar surface area (TPSA) is 55.1 Å². The largest absolute Gasteiger partial charge is 0.478 e. The van der Waals surface area contributed by atoms with E-state index in [1.807, 2.05) is 30.3 Å². The van der Waals surface area contributed by atoms with Crippen LogP contribution in [0.25, 0.3) is 17.0 Å². The van der Waals surface area contributed by atoms with Gasteiger partial charge in [-0.05, 0) is 29.8 Å². The monoisotopic (exact) mass is 346 g/mol. The van der Waals surface area contributed by atoms with Crippen LogP contribution in [-0.4, -0.2) is 20.9 Å². The van der Waals surface area contributed by atoms with Crippen molar-refractivity contribution >= 4 is 46.2 Å². The summed E-state index contributed by atoms with van der Waals surface area (Å²) < 4.78 is 1.80. The van der Waals surface area contributed by atoms with Crippen molar-refractivity contribution in [3.05, 3.63) is 69.8 Å². The van der Waals surface area contributed by atoms with Crippen molar-refractivity contribution in [3.63, 3.8) is 0 Å². The minimum atomic E-state index is -1.01. The Kier molecular flexibility index (Phi) is 4.37. The van der Waals surface area contributed by atoms with E-state index < -0.39 is 5.97 Å². The number of carboxylic acid groups (broad SMARTS) is 1. The summed E-state index contributed by atoms with van der Waals surface area (Å²) in [6, 6.07) is 13.0. The summed E-state index contributed by atoms with van der Waals surface area (Å²) in [5.41, 5.74) is 2.40. The van der Waals surface area contributed by atoms with Gasteiger partial charge in [0.1, 0.15) is 0 Å². The summed E-state index contributed by atoms with van der Waals surface area (Å²) in [5, 5.41) is 15.3. The molecule has 0 bridgehead atoms. The smallest absolute Gasteiger partial charge is 0.328 e. The Morgan fingerprint density at radius 3 is 2.74 bits per heavy atom. The molecular formula is C17H12Cl2N2O2. The first-order valence-electron chi connectivity index (χ1n) is 6.85. The van der Waals surface area contributed by atoms with Crippen molar-refractivity contribution in [2.45, 2.75) is 6.54 Å². The molecule has 0 unspecified atom stereocenters. The number of nitrogens with zero attached hydrogens (tertiary/aromatic N) is 2. The number of para-hydroxylation sites is 1. The molecule has 1 N–H and O–H groups in total. The number of hydrogen-bond acceptors (Lipinski definition) is 2. The fourth-order valence-electron chi connectivity index (χ4n) is 2.36. The molecule has 0 aliphatic heterocycles. The van der Waals surface area contributed by atoms with Crippen LogP contribution in [0.4, 0.5) is 0 Å². The molecule has 6 heteroatoms. The van der Waals surface area contributed by atoms with E-state index in [0.717, 1.165) is 22.5 Å². The first-order valence-corrected chi connectivity index (χ1v) is 7.60. The van der Waals surface area contributed by atoms with E-state index in [1.165, 1.54) is 6.08 Å². The number of aromatic nitrogens is 2. The highest BCUT2D eigenvalue weighted by Crippen LogP contribution is 2.25. The highest BCUT2D eigenvalue weighted by molar-refractivity contribution is 6.35. The first kappa shape index (κ1) is 15.6. The molecule has 23 heavy (non-hydrogen) atoms. The third-order valence-corrected chi connectivity index (χ3v) is 3.99. The van der Waals surface area contributed by atoms with Gasteiger partial charge in [-0.2, -0.15) is 5.10 Å². The summed E-state index contributed by atoms with van der Waals surface area (Å²) in [6.45, 7) is 0.470. The van der Waals surface area contributed by atoms with E-state index in [-0.39, 0.29) is 0 Å². The van der Waals surface area contributed by atoms with Crippen molar-refractivity contribution in [1.29, 1.82) is 0 Å². The molecular weight excluding hydrogens is 335 g/mol. The zero-order valence-corrected chi connectivity index (χ0v) is 13.4. The van der Waals surface area contributed by atoms with Gasteiger partial charge >= 0.3 is 5.97 Å². The second-order valence-corrected chi connectivity index (χ2v) is 5.81. The molecule has 116 valence electrons. The van der Waals surface area contributed by atoms with E-state index in [9.17, 15) is 4.79 Å². The number of benzene rings is 2. The number of carbonyl (C=O) groups is 1. The van der Waals surface area contributed by atoms with Crippen LogP contribution in [0.15, 0.2) is 48.5 Å². The van der Waals surface area contributed by atoms with Crippen molar-refractivity contribution < 1.29 is 9.90 Å². The minimum Gasteiger partial charge on any atom is -0.478 e. The SMILES string of the molecule is O=C(O)/C=C/c1nn(Cc2ccc(Cl)cc2Cl)c2ccccc12. The van der Waals surface area contributed by atoms with Gasteiger partial charge in [-0.25, -0.2) is 4.79 Å². The quantitative estimate of drug-likeness (QED) is 0.708. The van der Waals surface area contributed by atoms with E-state index in [4.69, 9.17) is 28.3 Å². The first-order chi connectivity index (χ1) is 11.0. The number of carboxylic acids is 1. The highest BCUT2D eigenvalue weighted by Gasteiger charge is 2.10. The van der Waals surface area contributed by atoms with Gasteiger partial charge in [0.2, 0.25) is 0 Å². The molecule has 0 fully saturated rings. The summed E-state index contributed by atoms with van der Waals surface area (Å²) in [5.74, 6) is -1.01. The van der Waals surface area contributed by atoms with Gasteiger partial charge in [-0.15, -0.1) is 0 Å². The zero-order valence-electron chi connectivity index (χ0n) is 11.9. The summed E-state index contributed by atoms with van der Waals surface area (Å²) in [7, 11) is 0. The normalized spacial score (nSPS) is 11.4. The summed E-state index contributed by atoms with van der Waals surface area (Å²) in [4.78, 5) is 10.7. The van der Waals surface area contributed by atoms with Crippen LogP contribution in [0.5, 0.6) is 0 Å². The van der Waals surface area contributed by atoms with Gasteiger partial charge in [0.15, 0.2) is 0 Å². The molecule has 0 aliphatic rings. The lowest BCUT2D eigenvalue weighted by atomic mass is 10.2. The molecule has 0 saturated carbocycles. The van der Waals surface area contributed by atoms with E-state index in [2.05, 4.69) is 5.10 Å². The van der Waals surface area contributed by atoms with Crippen LogP contribution >= 0.6 is 23.2 Å². The van der Waals surface area contributed by atoms with Crippen molar-refractivity contribution in [3.8, 4) is 0 Å². The Morgan fingerprint density at radius 2 is 2.00 bits per heavy atom. The second-order valence-electron chi connectivity index (χ2n) is 4.97. The molecule has 3 aromatic rings. The van der Waals surface area contributed by atoms with E-state index in [0.29, 0.717) is 22.3 Å². The van der Waals surface area contributed by atoms with Crippen LogP contribution in [0.2, 0.25) is 10.0 Å². The number of fused-ring (bicyclic) bond motifs is 1. The fraction of sp³-hybridized carbons (Fsp3) is 0.0588. The van der Waals surface area contributed by atoms with Gasteiger partial charge < -0.3 is 5.11 Å². The Labute approximate surface area is 142 Å². The average molecular weight is 347 g/mol. The molecule has 0 radical (unpaired) electrons. The predicted molar refractivity (Wildman–Crippen MR) is 92.0 cm³/mol. The number of aliphatic carboxylic acids is 1. The Bertz CT molecular complexity index is 916. The lowest BCUT2D eigenvalue weighted by Gasteiger charge is -2.06. The maximum Gasteiger partial charge on any atom is 0.328 e. The molecule has 1 aromatic heterocycles. The number of rotatable bonds is 4. The lowest BCUT2D eigenvalue weighted by molar-refractivity contribution is -0.131. The van der Waals surface area contributed by atoms with Crippen LogP contribution in [0, 0.1) is 0 Å². The number of halogens is 2. The third kappa shape index (κ3) is 3.38. The molecule has 0 aliphatic carbocycles. The van der Waals surface area contributed by atoms with Gasteiger partial charge in [0.05, 0.1) is 17.8 Å². The van der Waals surface area contributed by atoms with Crippen molar-refractivity contribution in [1.82, 2.24) is 9.78 Å². The highest BCUT2D eigenvalue weighted by atomic mass is 35.5. The Balaban J connectivity index is 2.05. The minimum absolute atomic E-state index is 0.470. The molecule has 0 atom stereocenters. The van der Waals surface area contributed by atoms with Crippen LogP contribution in [0.1, 0.15) is 11.3 Å². The van der Waals surface area contributed by atoms with Crippen LogP contribution in [-0.2, 0) is 11.3 Å². The average Bonchev–Trinajstić information content (AvgIpc) is 2.86. The predicted octanol–water partition coefficient (Wildman–Crippen LogP) is 4.49. The lowest BCUT2D eigenvalue weighted by Crippen LogP contribution is -2.02. The van der Waals surface area contributed by atoms with Crippen molar-refractivity contribution in [2.24, 2.45) is 0 Å². The second kappa shape index (κ2) is 6.44. The molecule has 0 spiro atoms. The van der Waals surface area contributed by atoms with Crippen LogP contribution < -0.4 is 0 Å². The standard InChI is InChI=1S/C17H12Cl2N2O2/c18-12-6-5-11(14(19)9-12)10-21-16-4-2-1-3-13(16)15(20-21)7-8-17(22)23/h1-9H,10H2,(H,22,23)/b8-7+. The van der Waals surface area contributed by atoms with Gasteiger partial charge in [0.25, 0.3) is 0 Å². The molecule has 0 amide bonds. The summed E-state index contributed by atoms with van der Waals surface area (Å²) in [6.07, 6.45) is 2.57. The van der Waals surface area contributed by atoms with Gasteiger partial charge in [0, 0.05) is 21.5 Å². The molecule has 2 aromatic carbocycles. The fourth-order valence-corrected chi connectivity index (χ4v) is 2.83. The summed E-state index contributed by atoms with van der Waals surface area (Å²) >= 11 is 12.1. The van der Waals surface area contributed by atoms with Crippen molar-refractivity contribution in [2.75, 3.05) is 0 Å². The molecule has 4 nitrogen and oxygen atoms in total. The molecule has 1 heterocycles. The maximum atomic E-state index is 10.7. The Morgan fingerprint density at radius 1 is 1.22 bits per heavy atom. The van der Waals surface area contributed by atoms with E-state index >= 15 is 0 Å². The Hall–Kier alpha value is -2.30. The van der Waals surface area contributed by atoms with E-state index in [1.54, 1.807) is 16.8 Å². The number of hydrogen-bond donors (Lipinski definition) is 1.